The molecule has 0 fully saturated rings. The van der Waals surface area contributed by atoms with Crippen molar-refractivity contribution in [3.63, 3.8) is 0 Å². The van der Waals surface area contributed by atoms with Crippen molar-refractivity contribution in [1.29, 1.82) is 10.5 Å². The number of hydrogen-bond acceptors (Lipinski definition) is 6. The van der Waals surface area contributed by atoms with Gasteiger partial charge in [0.05, 0.1) is 23.9 Å². The minimum absolute atomic E-state index is 0.252. The Morgan fingerprint density at radius 3 is 2.72 bits per heavy atom. The third-order valence-corrected chi connectivity index (χ3v) is 4.49. The van der Waals surface area contributed by atoms with Gasteiger partial charge in [-0.15, -0.1) is 0 Å². The van der Waals surface area contributed by atoms with Crippen LogP contribution >= 0.6 is 0 Å². The molecule has 2 N–H and O–H groups in total. The van der Waals surface area contributed by atoms with E-state index >= 15 is 0 Å². The second-order valence-corrected chi connectivity index (χ2v) is 6.48. The summed E-state index contributed by atoms with van der Waals surface area (Å²) in [6.45, 7) is 2.49. The van der Waals surface area contributed by atoms with Crippen LogP contribution < -0.4 is 5.32 Å². The number of nitriles is 2. The predicted octanol–water partition coefficient (Wildman–Crippen LogP) is 4.40. The van der Waals surface area contributed by atoms with Crippen LogP contribution in [-0.2, 0) is 6.54 Å². The van der Waals surface area contributed by atoms with E-state index < -0.39 is 0 Å². The largest absolute Gasteiger partial charge is 0.444 e. The van der Waals surface area contributed by atoms with E-state index in [0.29, 0.717) is 23.6 Å². The van der Waals surface area contributed by atoms with Gasteiger partial charge in [0, 0.05) is 6.20 Å². The Kier molecular flexibility index (Phi) is 4.79. The van der Waals surface area contributed by atoms with Crippen LogP contribution in [-0.4, -0.2) is 15.2 Å². The van der Waals surface area contributed by atoms with Gasteiger partial charge in [0.15, 0.2) is 5.76 Å². The minimum atomic E-state index is 0.252. The van der Waals surface area contributed by atoms with Crippen molar-refractivity contribution in [3.8, 4) is 34.7 Å². The lowest BCUT2D eigenvalue weighted by Gasteiger charge is -2.09. The summed E-state index contributed by atoms with van der Waals surface area (Å²) in [5.74, 6) is 1.52. The highest BCUT2D eigenvalue weighted by Crippen LogP contribution is 2.26. The normalized spacial score (nSPS) is 10.3. The predicted molar refractivity (Wildman–Crippen MR) is 107 cm³/mol. The number of H-pyrrole nitrogens is 1. The smallest absolute Gasteiger partial charge is 0.204 e. The lowest BCUT2D eigenvalue weighted by Crippen LogP contribution is -2.01. The standard InChI is InChI=1S/C22H16N6O/c1-14-8-15(11-23)2-4-19(14)16-6-7-25-22(9-16)26-13-17-10-20(28-27-17)21-5-3-18(12-24)29-21/h2-10H,13H2,1H3,(H,25,26)(H,27,28). The summed E-state index contributed by atoms with van der Waals surface area (Å²) >= 11 is 0. The molecule has 0 radical (unpaired) electrons. The van der Waals surface area contributed by atoms with Gasteiger partial charge in [0.1, 0.15) is 17.6 Å². The Bertz CT molecular complexity index is 1250. The Hall–Kier alpha value is -4.36. The fourth-order valence-corrected chi connectivity index (χ4v) is 3.05. The van der Waals surface area contributed by atoms with E-state index in [4.69, 9.17) is 14.9 Å². The number of benzene rings is 1. The summed E-state index contributed by atoms with van der Waals surface area (Å²) in [5.41, 5.74) is 5.26. The van der Waals surface area contributed by atoms with E-state index in [-0.39, 0.29) is 5.76 Å². The van der Waals surface area contributed by atoms with Gasteiger partial charge in [-0.1, -0.05) is 6.07 Å². The van der Waals surface area contributed by atoms with E-state index in [2.05, 4.69) is 26.6 Å². The zero-order chi connectivity index (χ0) is 20.2. The summed E-state index contributed by atoms with van der Waals surface area (Å²) in [7, 11) is 0. The summed E-state index contributed by atoms with van der Waals surface area (Å²) < 4.78 is 5.39. The molecule has 140 valence electrons. The van der Waals surface area contributed by atoms with Gasteiger partial charge in [0.2, 0.25) is 5.76 Å². The molecule has 0 aliphatic heterocycles. The summed E-state index contributed by atoms with van der Waals surface area (Å²) in [6.07, 6.45) is 1.75. The highest BCUT2D eigenvalue weighted by atomic mass is 16.3. The monoisotopic (exact) mass is 380 g/mol. The lowest BCUT2D eigenvalue weighted by atomic mass is 9.99. The average molecular weight is 380 g/mol. The molecule has 0 atom stereocenters. The number of aromatic nitrogens is 3. The molecule has 3 heterocycles. The molecule has 3 aromatic heterocycles. The molecule has 0 aliphatic rings. The van der Waals surface area contributed by atoms with E-state index in [1.165, 1.54) is 0 Å². The first-order valence-corrected chi connectivity index (χ1v) is 8.92. The van der Waals surface area contributed by atoms with Crippen LogP contribution in [0.3, 0.4) is 0 Å². The molecule has 0 bridgehead atoms. The van der Waals surface area contributed by atoms with Gasteiger partial charge >= 0.3 is 0 Å². The number of anilines is 1. The van der Waals surface area contributed by atoms with E-state index in [0.717, 1.165) is 28.2 Å². The number of pyridine rings is 1. The zero-order valence-electron chi connectivity index (χ0n) is 15.6. The van der Waals surface area contributed by atoms with Gasteiger partial charge in [-0.2, -0.15) is 15.6 Å². The number of furan rings is 1. The number of aryl methyl sites for hydroxylation is 1. The maximum absolute atomic E-state index is 9.04. The number of nitrogens with zero attached hydrogens (tertiary/aromatic N) is 4. The first kappa shape index (κ1) is 18.0. The summed E-state index contributed by atoms with van der Waals surface area (Å²) in [4.78, 5) is 4.37. The second-order valence-electron chi connectivity index (χ2n) is 6.48. The molecule has 7 nitrogen and oxygen atoms in total. The highest BCUT2D eigenvalue weighted by molar-refractivity contribution is 5.70. The van der Waals surface area contributed by atoms with E-state index in [9.17, 15) is 0 Å². The van der Waals surface area contributed by atoms with Crippen LogP contribution in [0.2, 0.25) is 0 Å². The molecule has 0 saturated carbocycles. The molecule has 7 heteroatoms. The quantitative estimate of drug-likeness (QED) is 0.530. The van der Waals surface area contributed by atoms with Crippen molar-refractivity contribution in [2.45, 2.75) is 13.5 Å². The van der Waals surface area contributed by atoms with Crippen molar-refractivity contribution in [1.82, 2.24) is 15.2 Å². The summed E-state index contributed by atoms with van der Waals surface area (Å²) in [6, 6.07) is 18.9. The van der Waals surface area contributed by atoms with Gasteiger partial charge < -0.3 is 9.73 Å². The van der Waals surface area contributed by atoms with E-state index in [1.54, 1.807) is 18.3 Å². The van der Waals surface area contributed by atoms with Gasteiger partial charge in [-0.3, -0.25) is 5.10 Å². The molecule has 4 aromatic rings. The number of aromatic amines is 1. The molecule has 29 heavy (non-hydrogen) atoms. The van der Waals surface area contributed by atoms with Crippen LogP contribution in [0, 0.1) is 29.6 Å². The van der Waals surface area contributed by atoms with Crippen molar-refractivity contribution in [2.24, 2.45) is 0 Å². The molecular weight excluding hydrogens is 364 g/mol. The number of hydrogen-bond donors (Lipinski definition) is 2. The van der Waals surface area contributed by atoms with Crippen LogP contribution in [0.25, 0.3) is 22.6 Å². The first-order valence-electron chi connectivity index (χ1n) is 8.92. The van der Waals surface area contributed by atoms with E-state index in [1.807, 2.05) is 49.4 Å². The first-order chi connectivity index (χ1) is 14.2. The van der Waals surface area contributed by atoms with Crippen molar-refractivity contribution < 1.29 is 4.42 Å². The summed E-state index contributed by atoms with van der Waals surface area (Å²) in [5, 5.41) is 28.4. The van der Waals surface area contributed by atoms with Crippen LogP contribution in [0.4, 0.5) is 5.82 Å². The van der Waals surface area contributed by atoms with Gasteiger partial charge in [-0.25, -0.2) is 4.98 Å². The van der Waals surface area contributed by atoms with Gasteiger partial charge in [0.25, 0.3) is 0 Å². The fourth-order valence-electron chi connectivity index (χ4n) is 3.05. The molecule has 0 saturated heterocycles. The maximum atomic E-state index is 9.04. The number of rotatable bonds is 5. The molecule has 0 unspecified atom stereocenters. The highest BCUT2D eigenvalue weighted by Gasteiger charge is 2.09. The molecule has 0 amide bonds. The molecule has 0 aliphatic carbocycles. The third-order valence-electron chi connectivity index (χ3n) is 4.49. The average Bonchev–Trinajstić information content (AvgIpc) is 3.41. The number of nitrogens with one attached hydrogen (secondary N) is 2. The Morgan fingerprint density at radius 2 is 1.97 bits per heavy atom. The van der Waals surface area contributed by atoms with Gasteiger partial charge in [-0.05, 0) is 66.1 Å². The molecule has 4 rings (SSSR count). The molecular formula is C22H16N6O. The zero-order valence-corrected chi connectivity index (χ0v) is 15.6. The Labute approximate surface area is 167 Å². The second kappa shape index (κ2) is 7.71. The Morgan fingerprint density at radius 1 is 1.07 bits per heavy atom. The molecule has 0 spiro atoms. The topological polar surface area (TPSA) is 114 Å². The SMILES string of the molecule is Cc1cc(C#N)ccc1-c1ccnc(NCc2cc(-c3ccc(C#N)o3)n[nH]2)c1. The van der Waals surface area contributed by atoms with Crippen molar-refractivity contribution >= 4 is 5.82 Å². The van der Waals surface area contributed by atoms with Crippen LogP contribution in [0.15, 0.2) is 59.1 Å². The van der Waals surface area contributed by atoms with Crippen LogP contribution in [0.5, 0.6) is 0 Å². The minimum Gasteiger partial charge on any atom is -0.444 e. The fraction of sp³-hybridized carbons (Fsp3) is 0.0909. The lowest BCUT2D eigenvalue weighted by molar-refractivity contribution is 0.565. The van der Waals surface area contributed by atoms with Crippen LogP contribution in [0.1, 0.15) is 22.6 Å². The van der Waals surface area contributed by atoms with Crippen molar-refractivity contribution in [3.05, 3.63) is 77.3 Å². The Balaban J connectivity index is 1.48. The third kappa shape index (κ3) is 3.85. The van der Waals surface area contributed by atoms with Crippen molar-refractivity contribution in [2.75, 3.05) is 5.32 Å². The maximum Gasteiger partial charge on any atom is 0.204 e. The molecule has 1 aromatic carbocycles.